The third kappa shape index (κ3) is 4.92. The average molecular weight is 464 g/mol. The number of tetrazole rings is 1. The van der Waals surface area contributed by atoms with Gasteiger partial charge in [0, 0.05) is 18.2 Å². The van der Waals surface area contributed by atoms with E-state index in [9.17, 15) is 14.7 Å². The first-order chi connectivity index (χ1) is 16.3. The Labute approximate surface area is 193 Å². The van der Waals surface area contributed by atoms with Crippen molar-refractivity contribution in [3.8, 4) is 0 Å². The highest BCUT2D eigenvalue weighted by Crippen LogP contribution is 2.28. The summed E-state index contributed by atoms with van der Waals surface area (Å²) in [5, 5.41) is 26.0. The Balaban J connectivity index is 1.40. The van der Waals surface area contributed by atoms with E-state index in [1.165, 1.54) is 0 Å². The zero-order valence-electron chi connectivity index (χ0n) is 18.3. The molecule has 13 heteroatoms. The Morgan fingerprint density at radius 2 is 1.94 bits per heavy atom. The van der Waals surface area contributed by atoms with Crippen molar-refractivity contribution in [2.75, 3.05) is 11.5 Å². The lowest BCUT2D eigenvalue weighted by atomic mass is 9.93. The van der Waals surface area contributed by atoms with Crippen LogP contribution >= 0.6 is 0 Å². The number of carboxylic acid groups (broad SMARTS) is 1. The second kappa shape index (κ2) is 9.52. The van der Waals surface area contributed by atoms with Gasteiger partial charge < -0.3 is 26.9 Å². The molecular formula is C21H24N10O3. The van der Waals surface area contributed by atoms with Crippen LogP contribution in [0.1, 0.15) is 46.6 Å². The van der Waals surface area contributed by atoms with Gasteiger partial charge in [-0.3, -0.25) is 4.79 Å². The van der Waals surface area contributed by atoms with Crippen LogP contribution in [0.15, 0.2) is 30.5 Å². The normalized spacial score (nSPS) is 13.0. The first-order valence-electron chi connectivity index (χ1n) is 10.6. The zero-order chi connectivity index (χ0) is 24.2. The maximum atomic E-state index is 12.6. The van der Waals surface area contributed by atoms with Gasteiger partial charge in [0.15, 0.2) is 5.82 Å². The van der Waals surface area contributed by atoms with Gasteiger partial charge in [0.25, 0.3) is 5.91 Å². The molecule has 34 heavy (non-hydrogen) atoms. The van der Waals surface area contributed by atoms with Gasteiger partial charge in [-0.15, -0.1) is 10.2 Å². The van der Waals surface area contributed by atoms with Gasteiger partial charge in [-0.25, -0.2) is 4.79 Å². The number of nitrogens with two attached hydrogens (primary N) is 2. The molecule has 0 aliphatic rings. The number of aliphatic carboxylic acids is 1. The largest absolute Gasteiger partial charge is 0.480 e. The molecule has 0 saturated heterocycles. The number of carbonyl (C=O) groups is 2. The zero-order valence-corrected chi connectivity index (χ0v) is 18.3. The Bertz CT molecular complexity index is 1300. The first kappa shape index (κ1) is 22.6. The van der Waals surface area contributed by atoms with Crippen molar-refractivity contribution in [1.29, 1.82) is 0 Å². The van der Waals surface area contributed by atoms with E-state index in [0.29, 0.717) is 29.3 Å². The minimum absolute atomic E-state index is 0.106. The van der Waals surface area contributed by atoms with E-state index < -0.39 is 17.9 Å². The smallest absolute Gasteiger partial charge is 0.326 e. The summed E-state index contributed by atoms with van der Waals surface area (Å²) in [7, 11) is 0. The van der Waals surface area contributed by atoms with Gasteiger partial charge in [0.2, 0.25) is 5.95 Å². The molecule has 4 rings (SSSR count). The van der Waals surface area contributed by atoms with Gasteiger partial charge in [-0.1, -0.05) is 24.3 Å². The van der Waals surface area contributed by atoms with Crippen LogP contribution < -0.4 is 16.8 Å². The van der Waals surface area contributed by atoms with Crippen LogP contribution in [0, 0.1) is 0 Å². The second-order valence-corrected chi connectivity index (χ2v) is 7.96. The third-order valence-corrected chi connectivity index (χ3v) is 5.58. The molecule has 0 bridgehead atoms. The summed E-state index contributed by atoms with van der Waals surface area (Å²) >= 11 is 0. The SMILES string of the molecule is CC(Cc1c[nH]c2nc(N)nc(N)c12)c1ccc(C(=O)N[C@@H](CCc2nn[nH]n2)C(=O)O)cc1. The molecule has 1 aromatic carbocycles. The Hall–Kier alpha value is -4.55. The first-order valence-corrected chi connectivity index (χ1v) is 10.6. The molecule has 0 radical (unpaired) electrons. The predicted octanol–water partition coefficient (Wildman–Crippen LogP) is 0.797. The number of nitrogens with one attached hydrogen (secondary N) is 3. The number of nitrogen functional groups attached to an aromatic ring is 2. The van der Waals surface area contributed by atoms with Crippen molar-refractivity contribution < 1.29 is 14.7 Å². The molecule has 1 amide bonds. The standard InChI is InChI=1S/C21H24N10O3/c1-10(8-13-9-24-18-16(13)17(22)26-21(23)27-18)11-2-4-12(5-3-11)19(32)25-14(20(33)34)6-7-15-28-30-31-29-15/h2-5,9-10,14H,6-8H2,1H3,(H,25,32)(H,33,34)(H,28,29,30,31)(H5,22,23,24,26,27)/t10?,14-/m0/s1. The molecule has 3 heterocycles. The van der Waals surface area contributed by atoms with E-state index in [-0.39, 0.29) is 24.7 Å². The third-order valence-electron chi connectivity index (χ3n) is 5.58. The molecule has 0 saturated carbocycles. The molecule has 2 atom stereocenters. The number of H-pyrrole nitrogens is 2. The van der Waals surface area contributed by atoms with Crippen LogP contribution in [0.3, 0.4) is 0 Å². The fraction of sp³-hybridized carbons (Fsp3) is 0.286. The van der Waals surface area contributed by atoms with E-state index in [2.05, 4.69) is 47.8 Å². The number of rotatable bonds is 9. The summed E-state index contributed by atoms with van der Waals surface area (Å²) in [6.45, 7) is 2.06. The molecule has 0 fully saturated rings. The van der Waals surface area contributed by atoms with Crippen LogP contribution in [0.25, 0.3) is 11.0 Å². The summed E-state index contributed by atoms with van der Waals surface area (Å²) in [5.74, 6) is -0.684. The summed E-state index contributed by atoms with van der Waals surface area (Å²) in [5.41, 5.74) is 14.6. The number of carboxylic acids is 1. The molecular weight excluding hydrogens is 440 g/mol. The number of anilines is 2. The Morgan fingerprint density at radius 1 is 1.18 bits per heavy atom. The second-order valence-electron chi connectivity index (χ2n) is 7.96. The van der Waals surface area contributed by atoms with E-state index in [4.69, 9.17) is 11.5 Å². The van der Waals surface area contributed by atoms with Gasteiger partial charge in [-0.05, 0) is 42.0 Å². The molecule has 3 aromatic heterocycles. The lowest BCUT2D eigenvalue weighted by molar-refractivity contribution is -0.139. The highest BCUT2D eigenvalue weighted by molar-refractivity contribution is 5.96. The van der Waals surface area contributed by atoms with Gasteiger partial charge in [0.05, 0.1) is 5.39 Å². The minimum Gasteiger partial charge on any atom is -0.480 e. The molecule has 176 valence electrons. The van der Waals surface area contributed by atoms with Crippen molar-refractivity contribution in [2.45, 2.75) is 38.1 Å². The van der Waals surface area contributed by atoms with Crippen LogP contribution in [-0.2, 0) is 17.6 Å². The predicted molar refractivity (Wildman–Crippen MR) is 123 cm³/mol. The number of amides is 1. The lowest BCUT2D eigenvalue weighted by Gasteiger charge is -2.15. The van der Waals surface area contributed by atoms with E-state index in [1.807, 2.05) is 18.3 Å². The molecule has 0 aliphatic heterocycles. The lowest BCUT2D eigenvalue weighted by Crippen LogP contribution is -2.41. The average Bonchev–Trinajstić information content (AvgIpc) is 3.46. The summed E-state index contributed by atoms with van der Waals surface area (Å²) in [4.78, 5) is 35.4. The van der Waals surface area contributed by atoms with Crippen molar-refractivity contribution in [3.05, 3.63) is 53.0 Å². The monoisotopic (exact) mass is 464 g/mol. The highest BCUT2D eigenvalue weighted by Gasteiger charge is 2.22. The summed E-state index contributed by atoms with van der Waals surface area (Å²) < 4.78 is 0. The molecule has 4 aromatic rings. The number of carbonyl (C=O) groups excluding carboxylic acids is 1. The number of hydrogen-bond donors (Lipinski definition) is 6. The Kier molecular flexibility index (Phi) is 6.34. The van der Waals surface area contributed by atoms with Crippen molar-refractivity contribution >= 4 is 34.7 Å². The van der Waals surface area contributed by atoms with Gasteiger partial charge in [-0.2, -0.15) is 15.2 Å². The highest BCUT2D eigenvalue weighted by atomic mass is 16.4. The maximum absolute atomic E-state index is 12.6. The molecule has 13 nitrogen and oxygen atoms in total. The van der Waals surface area contributed by atoms with Crippen molar-refractivity contribution in [3.63, 3.8) is 0 Å². The van der Waals surface area contributed by atoms with Crippen molar-refractivity contribution in [1.82, 2.24) is 40.9 Å². The Morgan fingerprint density at radius 3 is 2.62 bits per heavy atom. The number of fused-ring (bicyclic) bond motifs is 1. The number of nitrogens with zero attached hydrogens (tertiary/aromatic N) is 5. The molecule has 1 unspecified atom stereocenters. The number of aromatic nitrogens is 7. The summed E-state index contributed by atoms with van der Waals surface area (Å²) in [6, 6.07) is 5.97. The van der Waals surface area contributed by atoms with Gasteiger partial charge >= 0.3 is 5.97 Å². The van der Waals surface area contributed by atoms with Crippen LogP contribution in [0.2, 0.25) is 0 Å². The fourth-order valence-electron chi connectivity index (χ4n) is 3.78. The van der Waals surface area contributed by atoms with E-state index >= 15 is 0 Å². The molecule has 8 N–H and O–H groups in total. The number of benzene rings is 1. The molecule has 0 aliphatic carbocycles. The number of aromatic amines is 2. The summed E-state index contributed by atoms with van der Waals surface area (Å²) in [6.07, 6.45) is 2.91. The number of aryl methyl sites for hydroxylation is 1. The number of hydrogen-bond acceptors (Lipinski definition) is 9. The van der Waals surface area contributed by atoms with Crippen molar-refractivity contribution in [2.24, 2.45) is 0 Å². The quantitative estimate of drug-likeness (QED) is 0.205. The van der Waals surface area contributed by atoms with Crippen LogP contribution in [0.4, 0.5) is 11.8 Å². The van der Waals surface area contributed by atoms with Gasteiger partial charge in [0.1, 0.15) is 17.5 Å². The van der Waals surface area contributed by atoms with Crippen LogP contribution in [0.5, 0.6) is 0 Å². The topological polar surface area (TPSA) is 214 Å². The van der Waals surface area contributed by atoms with Crippen LogP contribution in [-0.4, -0.2) is 58.6 Å². The maximum Gasteiger partial charge on any atom is 0.326 e. The van der Waals surface area contributed by atoms with E-state index in [1.54, 1.807) is 12.1 Å². The fourth-order valence-corrected chi connectivity index (χ4v) is 3.78. The minimum atomic E-state index is -1.13. The van der Waals surface area contributed by atoms with E-state index in [0.717, 1.165) is 16.5 Å². The molecule has 0 spiro atoms.